The van der Waals surface area contributed by atoms with Crippen LogP contribution < -0.4 is 5.32 Å². The summed E-state index contributed by atoms with van der Waals surface area (Å²) in [7, 11) is 0. The lowest BCUT2D eigenvalue weighted by Crippen LogP contribution is -2.43. The lowest BCUT2D eigenvalue weighted by molar-refractivity contribution is -0.192. The molecule has 4 rings (SSSR count). The van der Waals surface area contributed by atoms with E-state index in [1.54, 1.807) is 6.20 Å². The van der Waals surface area contributed by atoms with E-state index in [-0.39, 0.29) is 5.91 Å². The second-order valence-electron chi connectivity index (χ2n) is 10.4. The molecule has 10 heteroatoms. The molecule has 2 saturated heterocycles. The molecule has 2 aliphatic heterocycles. The van der Waals surface area contributed by atoms with E-state index in [1.807, 2.05) is 12.1 Å². The topological polar surface area (TPSA) is 85.8 Å². The number of rotatable bonds is 8. The predicted octanol–water partition coefficient (Wildman–Crippen LogP) is 5.22. The number of piperidine rings is 1. The Kier molecular flexibility index (Phi) is 11.3. The molecule has 2 aromatic rings. The van der Waals surface area contributed by atoms with Crippen molar-refractivity contribution in [2.75, 3.05) is 32.7 Å². The smallest absolute Gasteiger partial charge is 0.475 e. The molecule has 0 aliphatic carbocycles. The Morgan fingerprint density at radius 1 is 1.10 bits per heavy atom. The molecule has 2 fully saturated rings. The standard InChI is InChI=1S/C27H38N4O.C2HF3O2/c1-3-21(2)18-29-27(32)24-9-10-26(28-19-24)23-8-6-7-22(17-23)20-30-15-11-25(12-16-30)31-13-4-5-14-31;3-2(4,5)1(6)7/h6-10,17,19,21,25H,3-5,11-16,18,20H2,1-2H3,(H,29,32);(H,6,7)/t21-;/m0./s1. The zero-order chi connectivity index (χ0) is 28.4. The second kappa shape index (κ2) is 14.4. The average Bonchev–Trinajstić information content (AvgIpc) is 3.47. The number of likely N-dealkylation sites (tertiary alicyclic amines) is 2. The van der Waals surface area contributed by atoms with E-state index in [0.717, 1.165) is 30.3 Å². The Morgan fingerprint density at radius 3 is 2.33 bits per heavy atom. The molecule has 0 unspecified atom stereocenters. The molecule has 1 aromatic heterocycles. The maximum absolute atomic E-state index is 12.3. The van der Waals surface area contributed by atoms with Crippen LogP contribution in [0.4, 0.5) is 13.2 Å². The first-order chi connectivity index (χ1) is 18.6. The minimum atomic E-state index is -5.08. The molecule has 2 aliphatic rings. The summed E-state index contributed by atoms with van der Waals surface area (Å²) in [5, 5.41) is 10.1. The monoisotopic (exact) mass is 548 g/mol. The van der Waals surface area contributed by atoms with Gasteiger partial charge in [0.15, 0.2) is 0 Å². The van der Waals surface area contributed by atoms with E-state index in [4.69, 9.17) is 9.90 Å². The number of halogens is 3. The van der Waals surface area contributed by atoms with Gasteiger partial charge in [0.1, 0.15) is 0 Å². The van der Waals surface area contributed by atoms with E-state index in [2.05, 4.69) is 58.2 Å². The van der Waals surface area contributed by atoms with Gasteiger partial charge in [-0.3, -0.25) is 14.7 Å². The summed E-state index contributed by atoms with van der Waals surface area (Å²) in [4.78, 5) is 31.1. The zero-order valence-corrected chi connectivity index (χ0v) is 22.7. The molecule has 7 nitrogen and oxygen atoms in total. The third-order valence-corrected chi connectivity index (χ3v) is 7.42. The molecule has 39 heavy (non-hydrogen) atoms. The van der Waals surface area contributed by atoms with Crippen LogP contribution in [0.15, 0.2) is 42.6 Å². The summed E-state index contributed by atoms with van der Waals surface area (Å²) in [5.74, 6) is -2.32. The summed E-state index contributed by atoms with van der Waals surface area (Å²) in [6.07, 6.45) is 3.01. The van der Waals surface area contributed by atoms with Crippen molar-refractivity contribution in [3.05, 3.63) is 53.7 Å². The van der Waals surface area contributed by atoms with Crippen LogP contribution >= 0.6 is 0 Å². The van der Waals surface area contributed by atoms with E-state index < -0.39 is 12.1 Å². The van der Waals surface area contributed by atoms with Crippen LogP contribution in [-0.4, -0.2) is 76.7 Å². The van der Waals surface area contributed by atoms with Crippen molar-refractivity contribution in [1.29, 1.82) is 0 Å². The van der Waals surface area contributed by atoms with Crippen molar-refractivity contribution in [2.24, 2.45) is 5.92 Å². The third-order valence-electron chi connectivity index (χ3n) is 7.42. The van der Waals surface area contributed by atoms with Crippen molar-refractivity contribution in [2.45, 2.75) is 64.7 Å². The Labute approximate surface area is 228 Å². The maximum Gasteiger partial charge on any atom is 0.490 e. The molecule has 0 radical (unpaired) electrons. The predicted molar refractivity (Wildman–Crippen MR) is 144 cm³/mol. The fourth-order valence-corrected chi connectivity index (χ4v) is 4.85. The summed E-state index contributed by atoms with van der Waals surface area (Å²) in [5.41, 5.74) is 3.98. The van der Waals surface area contributed by atoms with Crippen LogP contribution in [0, 0.1) is 5.92 Å². The first-order valence-electron chi connectivity index (χ1n) is 13.7. The van der Waals surface area contributed by atoms with E-state index in [9.17, 15) is 18.0 Å². The summed E-state index contributed by atoms with van der Waals surface area (Å²) in [6, 6.07) is 13.3. The number of carbonyl (C=O) groups excluding carboxylic acids is 1. The highest BCUT2D eigenvalue weighted by Crippen LogP contribution is 2.24. The summed E-state index contributed by atoms with van der Waals surface area (Å²) >= 11 is 0. The number of aliphatic carboxylic acids is 1. The highest BCUT2D eigenvalue weighted by molar-refractivity contribution is 5.94. The molecule has 214 valence electrons. The van der Waals surface area contributed by atoms with Gasteiger partial charge in [0.25, 0.3) is 5.91 Å². The fraction of sp³-hybridized carbons (Fsp3) is 0.552. The minimum absolute atomic E-state index is 0.0459. The van der Waals surface area contributed by atoms with Crippen molar-refractivity contribution in [1.82, 2.24) is 20.1 Å². The normalized spacial score (nSPS) is 17.8. The number of carbonyl (C=O) groups is 2. The highest BCUT2D eigenvalue weighted by Gasteiger charge is 2.38. The summed E-state index contributed by atoms with van der Waals surface area (Å²) < 4.78 is 31.7. The van der Waals surface area contributed by atoms with Crippen LogP contribution in [0.1, 0.15) is 61.9 Å². The Morgan fingerprint density at radius 2 is 1.77 bits per heavy atom. The molecular formula is C29H39F3N4O3. The molecule has 0 saturated carbocycles. The Hall–Kier alpha value is -2.98. The van der Waals surface area contributed by atoms with Crippen LogP contribution in [0.5, 0.6) is 0 Å². The number of carboxylic acids is 1. The van der Waals surface area contributed by atoms with Gasteiger partial charge in [-0.05, 0) is 81.5 Å². The van der Waals surface area contributed by atoms with Gasteiger partial charge in [-0.15, -0.1) is 0 Å². The van der Waals surface area contributed by atoms with Gasteiger partial charge in [-0.1, -0.05) is 38.5 Å². The van der Waals surface area contributed by atoms with E-state index in [1.165, 1.54) is 57.4 Å². The SMILES string of the molecule is CC[C@H](C)CNC(=O)c1ccc(-c2cccc(CN3CCC(N4CCCC4)CC3)c2)nc1.O=C(O)C(F)(F)F. The number of nitrogens with one attached hydrogen (secondary N) is 1. The van der Waals surface area contributed by atoms with Crippen LogP contribution in [-0.2, 0) is 11.3 Å². The van der Waals surface area contributed by atoms with Crippen molar-refractivity contribution in [3.8, 4) is 11.3 Å². The lowest BCUT2D eigenvalue weighted by atomic mass is 10.0. The van der Waals surface area contributed by atoms with Crippen LogP contribution in [0.25, 0.3) is 11.3 Å². The molecule has 1 atom stereocenters. The number of hydrogen-bond donors (Lipinski definition) is 2. The average molecular weight is 549 g/mol. The molecular weight excluding hydrogens is 509 g/mol. The molecule has 1 amide bonds. The third kappa shape index (κ3) is 9.61. The summed E-state index contributed by atoms with van der Waals surface area (Å²) in [6.45, 7) is 11.0. The number of carboxylic acid groups (broad SMARTS) is 1. The van der Waals surface area contributed by atoms with Crippen molar-refractivity contribution >= 4 is 11.9 Å². The number of amides is 1. The van der Waals surface area contributed by atoms with Gasteiger partial charge in [0, 0.05) is 30.9 Å². The molecule has 0 spiro atoms. The van der Waals surface area contributed by atoms with Gasteiger partial charge >= 0.3 is 12.1 Å². The van der Waals surface area contributed by atoms with Crippen molar-refractivity contribution in [3.63, 3.8) is 0 Å². The number of aromatic nitrogens is 1. The maximum atomic E-state index is 12.3. The van der Waals surface area contributed by atoms with Gasteiger partial charge in [-0.2, -0.15) is 13.2 Å². The molecule has 2 N–H and O–H groups in total. The van der Waals surface area contributed by atoms with E-state index in [0.29, 0.717) is 18.0 Å². The largest absolute Gasteiger partial charge is 0.490 e. The Bertz CT molecular complexity index is 1060. The van der Waals surface area contributed by atoms with Crippen molar-refractivity contribution < 1.29 is 27.9 Å². The van der Waals surface area contributed by atoms with Crippen LogP contribution in [0.2, 0.25) is 0 Å². The first kappa shape index (κ1) is 30.6. The number of benzene rings is 1. The fourth-order valence-electron chi connectivity index (χ4n) is 4.85. The quantitative estimate of drug-likeness (QED) is 0.471. The van der Waals surface area contributed by atoms with Crippen LogP contribution in [0.3, 0.4) is 0 Å². The molecule has 0 bridgehead atoms. The lowest BCUT2D eigenvalue weighted by Gasteiger charge is -2.36. The number of hydrogen-bond acceptors (Lipinski definition) is 5. The van der Waals surface area contributed by atoms with E-state index >= 15 is 0 Å². The van der Waals surface area contributed by atoms with Gasteiger partial charge < -0.3 is 15.3 Å². The minimum Gasteiger partial charge on any atom is -0.475 e. The zero-order valence-electron chi connectivity index (χ0n) is 22.7. The Balaban J connectivity index is 0.000000532. The number of alkyl halides is 3. The van der Waals surface area contributed by atoms with Gasteiger partial charge in [-0.25, -0.2) is 4.79 Å². The molecule has 1 aromatic carbocycles. The first-order valence-corrected chi connectivity index (χ1v) is 13.7. The number of pyridine rings is 1. The highest BCUT2D eigenvalue weighted by atomic mass is 19.4. The molecule has 3 heterocycles. The second-order valence-corrected chi connectivity index (χ2v) is 10.4. The van der Waals surface area contributed by atoms with Gasteiger partial charge in [0.05, 0.1) is 11.3 Å². The van der Waals surface area contributed by atoms with Gasteiger partial charge in [0.2, 0.25) is 0 Å². The number of nitrogens with zero attached hydrogens (tertiary/aromatic N) is 3.